The van der Waals surface area contributed by atoms with Crippen molar-refractivity contribution in [3.63, 3.8) is 0 Å². The molecular formula is C23H27BrN6O2. The molecular weight excluding hydrogens is 472 g/mol. The Kier molecular flexibility index (Phi) is 5.99. The van der Waals surface area contributed by atoms with Gasteiger partial charge in [0.25, 0.3) is 0 Å². The Hall–Kier alpha value is -2.86. The zero-order valence-corrected chi connectivity index (χ0v) is 20.3. The molecule has 4 rings (SSSR count). The second-order valence-electron chi connectivity index (χ2n) is 9.30. The van der Waals surface area contributed by atoms with E-state index in [1.807, 2.05) is 51.0 Å². The Morgan fingerprint density at radius 2 is 1.91 bits per heavy atom. The SMILES string of the molecule is CN(C(=O)OC(C)(C)C)[C@H]1CC[C@@H](n2cc(-c3cc(Br)c4c(C#N)cnn4c3)cn2)CC1. The highest BCUT2D eigenvalue weighted by Crippen LogP contribution is 2.33. The van der Waals surface area contributed by atoms with Crippen LogP contribution in [-0.2, 0) is 4.74 Å². The number of ether oxygens (including phenoxy) is 1. The van der Waals surface area contributed by atoms with Gasteiger partial charge in [-0.3, -0.25) is 4.68 Å². The van der Waals surface area contributed by atoms with E-state index < -0.39 is 5.60 Å². The predicted octanol–water partition coefficient (Wildman–Crippen LogP) is 5.18. The summed E-state index contributed by atoms with van der Waals surface area (Å²) in [5.74, 6) is 0. The fourth-order valence-corrected chi connectivity index (χ4v) is 4.83. The summed E-state index contributed by atoms with van der Waals surface area (Å²) >= 11 is 3.57. The van der Waals surface area contributed by atoms with Crippen molar-refractivity contribution in [2.24, 2.45) is 0 Å². The minimum Gasteiger partial charge on any atom is -0.444 e. The molecule has 1 aliphatic rings. The lowest BCUT2D eigenvalue weighted by molar-refractivity contribution is 0.0173. The average molecular weight is 499 g/mol. The third-order valence-electron chi connectivity index (χ3n) is 5.89. The van der Waals surface area contributed by atoms with Gasteiger partial charge in [0.2, 0.25) is 0 Å². The highest BCUT2D eigenvalue weighted by molar-refractivity contribution is 9.10. The number of hydrogen-bond acceptors (Lipinski definition) is 5. The second kappa shape index (κ2) is 8.58. The van der Waals surface area contributed by atoms with Crippen molar-refractivity contribution in [1.29, 1.82) is 5.26 Å². The van der Waals surface area contributed by atoms with E-state index in [0.29, 0.717) is 11.6 Å². The smallest absolute Gasteiger partial charge is 0.410 e. The summed E-state index contributed by atoms with van der Waals surface area (Å²) in [6, 6.07) is 4.64. The van der Waals surface area contributed by atoms with E-state index in [-0.39, 0.29) is 12.1 Å². The summed E-state index contributed by atoms with van der Waals surface area (Å²) in [5.41, 5.74) is 2.78. The Morgan fingerprint density at radius 3 is 2.56 bits per heavy atom. The summed E-state index contributed by atoms with van der Waals surface area (Å²) < 4.78 is 10.1. The van der Waals surface area contributed by atoms with E-state index in [4.69, 9.17) is 4.74 Å². The van der Waals surface area contributed by atoms with Gasteiger partial charge in [-0.1, -0.05) is 0 Å². The molecule has 0 aliphatic heterocycles. The molecule has 0 N–H and O–H groups in total. The van der Waals surface area contributed by atoms with E-state index in [9.17, 15) is 10.1 Å². The first-order valence-corrected chi connectivity index (χ1v) is 11.5. The van der Waals surface area contributed by atoms with Crippen molar-refractivity contribution in [3.8, 4) is 17.2 Å². The number of aromatic nitrogens is 4. The van der Waals surface area contributed by atoms with Crippen molar-refractivity contribution in [3.05, 3.63) is 40.9 Å². The van der Waals surface area contributed by atoms with Gasteiger partial charge in [0, 0.05) is 41.1 Å². The molecule has 1 fully saturated rings. The summed E-state index contributed by atoms with van der Waals surface area (Å²) in [6.45, 7) is 5.65. The van der Waals surface area contributed by atoms with Crippen LogP contribution in [-0.4, -0.2) is 49.1 Å². The summed E-state index contributed by atoms with van der Waals surface area (Å²) in [5, 5.41) is 18.2. The number of hydrogen-bond donors (Lipinski definition) is 0. The zero-order chi connectivity index (χ0) is 23.0. The number of halogens is 1. The maximum Gasteiger partial charge on any atom is 0.410 e. The lowest BCUT2D eigenvalue weighted by Crippen LogP contribution is -2.42. The van der Waals surface area contributed by atoms with Gasteiger partial charge in [-0.05, 0) is 68.5 Å². The van der Waals surface area contributed by atoms with Crippen molar-refractivity contribution >= 4 is 27.5 Å². The standard InChI is InChI=1S/C23H27BrN6O2/c1-23(2,3)32-22(31)28(4)18-5-7-19(8-6-18)29-14-17(12-26-29)15-9-20(24)21-16(10-25)11-27-30(21)13-15/h9,11-14,18-19H,5-8H2,1-4H3/t18-,19+. The van der Waals surface area contributed by atoms with E-state index in [1.165, 1.54) is 0 Å². The molecule has 32 heavy (non-hydrogen) atoms. The van der Waals surface area contributed by atoms with Crippen LogP contribution in [0.25, 0.3) is 16.6 Å². The molecule has 0 saturated heterocycles. The largest absolute Gasteiger partial charge is 0.444 e. The lowest BCUT2D eigenvalue weighted by atomic mass is 9.90. The summed E-state index contributed by atoms with van der Waals surface area (Å²) in [7, 11) is 1.83. The minimum atomic E-state index is -0.488. The maximum atomic E-state index is 12.4. The van der Waals surface area contributed by atoms with Gasteiger partial charge in [0.15, 0.2) is 0 Å². The van der Waals surface area contributed by atoms with Crippen LogP contribution in [0, 0.1) is 11.3 Å². The number of carbonyl (C=O) groups excluding carboxylic acids is 1. The Morgan fingerprint density at radius 1 is 1.19 bits per heavy atom. The van der Waals surface area contributed by atoms with Gasteiger partial charge < -0.3 is 9.64 Å². The molecule has 168 valence electrons. The molecule has 0 atom stereocenters. The topological polar surface area (TPSA) is 88.5 Å². The van der Waals surface area contributed by atoms with Crippen LogP contribution >= 0.6 is 15.9 Å². The molecule has 3 heterocycles. The lowest BCUT2D eigenvalue weighted by Gasteiger charge is -2.35. The molecule has 0 bridgehead atoms. The first-order chi connectivity index (χ1) is 15.2. The molecule has 1 saturated carbocycles. The third-order valence-corrected chi connectivity index (χ3v) is 6.49. The van der Waals surface area contributed by atoms with Crippen molar-refractivity contribution in [2.75, 3.05) is 7.05 Å². The van der Waals surface area contributed by atoms with Crippen LogP contribution < -0.4 is 0 Å². The van der Waals surface area contributed by atoms with Gasteiger partial charge in [-0.15, -0.1) is 0 Å². The molecule has 1 aliphatic carbocycles. The monoisotopic (exact) mass is 498 g/mol. The van der Waals surface area contributed by atoms with Crippen LogP contribution in [0.2, 0.25) is 0 Å². The molecule has 1 amide bonds. The van der Waals surface area contributed by atoms with Gasteiger partial charge in [-0.2, -0.15) is 15.5 Å². The second-order valence-corrected chi connectivity index (χ2v) is 10.2. The van der Waals surface area contributed by atoms with Crippen molar-refractivity contribution in [1.82, 2.24) is 24.3 Å². The number of rotatable bonds is 3. The maximum absolute atomic E-state index is 12.4. The Labute approximate surface area is 195 Å². The molecule has 8 nitrogen and oxygen atoms in total. The first-order valence-electron chi connectivity index (χ1n) is 10.7. The molecule has 3 aromatic rings. The summed E-state index contributed by atoms with van der Waals surface area (Å²) in [6.07, 6.45) is 10.9. The van der Waals surface area contributed by atoms with E-state index >= 15 is 0 Å². The molecule has 0 radical (unpaired) electrons. The quantitative estimate of drug-likeness (QED) is 0.496. The number of nitrogens with zero attached hydrogens (tertiary/aromatic N) is 6. The number of pyridine rings is 1. The number of fused-ring (bicyclic) bond motifs is 1. The van der Waals surface area contributed by atoms with Crippen molar-refractivity contribution in [2.45, 2.75) is 64.1 Å². The first kappa shape index (κ1) is 22.3. The molecule has 3 aromatic heterocycles. The molecule has 0 spiro atoms. The van der Waals surface area contributed by atoms with Gasteiger partial charge >= 0.3 is 6.09 Å². The highest BCUT2D eigenvalue weighted by Gasteiger charge is 2.30. The molecule has 9 heteroatoms. The fraction of sp³-hybridized carbons (Fsp3) is 0.478. The van der Waals surface area contributed by atoms with Gasteiger partial charge in [0.1, 0.15) is 11.7 Å². The van der Waals surface area contributed by atoms with Crippen LogP contribution in [0.1, 0.15) is 58.1 Å². The van der Waals surface area contributed by atoms with E-state index in [2.05, 4.69) is 38.4 Å². The highest BCUT2D eigenvalue weighted by atomic mass is 79.9. The van der Waals surface area contributed by atoms with Gasteiger partial charge in [0.05, 0.1) is 29.5 Å². The van der Waals surface area contributed by atoms with E-state index in [0.717, 1.165) is 46.8 Å². The number of carbonyl (C=O) groups is 1. The van der Waals surface area contributed by atoms with Crippen LogP contribution in [0.5, 0.6) is 0 Å². The third kappa shape index (κ3) is 4.51. The summed E-state index contributed by atoms with van der Waals surface area (Å²) in [4.78, 5) is 14.1. The number of amides is 1. The fourth-order valence-electron chi connectivity index (χ4n) is 4.19. The normalized spacial score (nSPS) is 19.0. The Balaban J connectivity index is 1.44. The average Bonchev–Trinajstić information content (AvgIpc) is 3.39. The van der Waals surface area contributed by atoms with Crippen LogP contribution in [0.3, 0.4) is 0 Å². The minimum absolute atomic E-state index is 0.184. The Bertz CT molecular complexity index is 1180. The van der Waals surface area contributed by atoms with Crippen LogP contribution in [0.15, 0.2) is 35.3 Å². The molecule has 0 unspecified atom stereocenters. The van der Waals surface area contributed by atoms with Crippen LogP contribution in [0.4, 0.5) is 4.79 Å². The van der Waals surface area contributed by atoms with Crippen molar-refractivity contribution < 1.29 is 9.53 Å². The predicted molar refractivity (Wildman–Crippen MR) is 124 cm³/mol. The number of nitriles is 1. The van der Waals surface area contributed by atoms with Gasteiger partial charge in [-0.25, -0.2) is 9.31 Å². The van der Waals surface area contributed by atoms with E-state index in [1.54, 1.807) is 15.6 Å². The zero-order valence-electron chi connectivity index (χ0n) is 18.7. The molecule has 0 aromatic carbocycles.